The monoisotopic (exact) mass is 192 g/mol. The zero-order chi connectivity index (χ0) is 6.78. The summed E-state index contributed by atoms with van der Waals surface area (Å²) in [5.41, 5.74) is 0. The van der Waals surface area contributed by atoms with E-state index in [-0.39, 0.29) is 0 Å². The van der Waals surface area contributed by atoms with Crippen LogP contribution in [0.4, 0.5) is 0 Å². The molecule has 0 rings (SSSR count). The molecule has 0 aliphatic heterocycles. The van der Waals surface area contributed by atoms with E-state index in [2.05, 4.69) is 0 Å². The predicted molar refractivity (Wildman–Crippen MR) is 38.9 cm³/mol. The van der Waals surface area contributed by atoms with Gasteiger partial charge in [0.25, 0.3) is 5.85 Å². The second-order valence-corrected chi connectivity index (χ2v) is 6.61. The molecule has 5 heteroatoms. The average Bonchev–Trinajstić information content (AvgIpc) is 1.21. The molecule has 0 amide bonds. The van der Waals surface area contributed by atoms with Crippen LogP contribution in [-0.4, -0.2) is 0 Å². The smallest absolute Gasteiger partial charge is 0.276 e. The molecule has 0 fully saturated rings. The van der Waals surface area contributed by atoms with Gasteiger partial charge in [0.15, 0.2) is 0 Å². The second-order valence-electron chi connectivity index (χ2n) is 1.22. The first-order chi connectivity index (χ1) is 3.42. The van der Waals surface area contributed by atoms with Gasteiger partial charge in [-0.25, -0.2) is 0 Å². The van der Waals surface area contributed by atoms with E-state index < -0.39 is 5.85 Å². The van der Waals surface area contributed by atoms with Gasteiger partial charge < -0.3 is 0 Å². The van der Waals surface area contributed by atoms with E-state index in [1.54, 1.807) is 6.92 Å². The molecule has 0 aliphatic rings. The Balaban J connectivity index is 4.11. The van der Waals surface area contributed by atoms with Crippen LogP contribution < -0.4 is 0 Å². The van der Waals surface area contributed by atoms with Gasteiger partial charge in [0.05, 0.1) is 0 Å². The van der Waals surface area contributed by atoms with Crippen LogP contribution in [0.25, 0.3) is 0 Å². The lowest BCUT2D eigenvalue weighted by molar-refractivity contribution is 0.597. The van der Waals surface area contributed by atoms with E-state index in [1.807, 2.05) is 0 Å². The first-order valence-electron chi connectivity index (χ1n) is 1.76. The SMILES string of the molecule is C/C(Cl)=C/P(=O)(Cl)Cl. The highest BCUT2D eigenvalue weighted by atomic mass is 35.9. The third-order valence-electron chi connectivity index (χ3n) is 0.328. The minimum Gasteiger partial charge on any atom is -0.285 e. The van der Waals surface area contributed by atoms with Crippen LogP contribution in [0.15, 0.2) is 10.8 Å². The van der Waals surface area contributed by atoms with Gasteiger partial charge in [-0.1, -0.05) is 11.6 Å². The fourth-order valence-electron chi connectivity index (χ4n) is 0.207. The van der Waals surface area contributed by atoms with Gasteiger partial charge in [0.1, 0.15) is 0 Å². The van der Waals surface area contributed by atoms with E-state index >= 15 is 0 Å². The molecule has 1 nitrogen and oxygen atoms in total. The van der Waals surface area contributed by atoms with Crippen molar-refractivity contribution in [1.82, 2.24) is 0 Å². The quantitative estimate of drug-likeness (QED) is 0.580. The van der Waals surface area contributed by atoms with Crippen LogP contribution in [0.3, 0.4) is 0 Å². The van der Waals surface area contributed by atoms with Crippen LogP contribution in [0.1, 0.15) is 6.92 Å². The maximum Gasteiger partial charge on any atom is 0.276 e. The molecule has 8 heavy (non-hydrogen) atoms. The normalized spacial score (nSPS) is 14.2. The van der Waals surface area contributed by atoms with Crippen molar-refractivity contribution in [3.05, 3.63) is 10.8 Å². The van der Waals surface area contributed by atoms with Gasteiger partial charge in [-0.3, -0.25) is 4.57 Å². The number of hydrogen-bond acceptors (Lipinski definition) is 1. The largest absolute Gasteiger partial charge is 0.285 e. The topological polar surface area (TPSA) is 17.1 Å². The lowest BCUT2D eigenvalue weighted by Crippen LogP contribution is -1.52. The number of hydrogen-bond donors (Lipinski definition) is 0. The molecule has 0 spiro atoms. The average molecular weight is 193 g/mol. The van der Waals surface area contributed by atoms with E-state index in [9.17, 15) is 4.57 Å². The molecule has 0 saturated carbocycles. The van der Waals surface area contributed by atoms with Gasteiger partial charge in [-0.15, -0.1) is 0 Å². The zero-order valence-electron chi connectivity index (χ0n) is 4.07. The second kappa shape index (κ2) is 3.12. The summed E-state index contributed by atoms with van der Waals surface area (Å²) < 4.78 is 10.4. The molecule has 0 bridgehead atoms. The van der Waals surface area contributed by atoms with Crippen molar-refractivity contribution in [2.75, 3.05) is 0 Å². The minimum atomic E-state index is -3.07. The zero-order valence-corrected chi connectivity index (χ0v) is 7.23. The summed E-state index contributed by atoms with van der Waals surface area (Å²) in [7, 11) is 0. The van der Waals surface area contributed by atoms with Gasteiger partial charge in [-0.05, 0) is 29.4 Å². The molecule has 0 N–H and O–H groups in total. The van der Waals surface area contributed by atoms with Gasteiger partial charge in [0, 0.05) is 10.8 Å². The fourth-order valence-corrected chi connectivity index (χ4v) is 2.21. The summed E-state index contributed by atoms with van der Waals surface area (Å²) in [6.45, 7) is 1.55. The Labute approximate surface area is 62.6 Å². The molecule has 48 valence electrons. The Morgan fingerprint density at radius 1 is 1.62 bits per heavy atom. The van der Waals surface area contributed by atoms with Gasteiger partial charge in [-0.2, -0.15) is 0 Å². The Hall–Kier alpha value is 0.840. The van der Waals surface area contributed by atoms with E-state index in [0.717, 1.165) is 5.82 Å². The van der Waals surface area contributed by atoms with Gasteiger partial charge in [0.2, 0.25) is 0 Å². The number of halogens is 3. The Morgan fingerprint density at radius 2 is 2.00 bits per heavy atom. The molecule has 0 aromatic carbocycles. The molecule has 0 heterocycles. The van der Waals surface area contributed by atoms with Crippen LogP contribution >= 0.6 is 39.9 Å². The molecule has 0 aromatic rings. The van der Waals surface area contributed by atoms with Gasteiger partial charge >= 0.3 is 0 Å². The number of rotatable bonds is 1. The van der Waals surface area contributed by atoms with Crippen molar-refractivity contribution in [2.24, 2.45) is 0 Å². The van der Waals surface area contributed by atoms with Crippen molar-refractivity contribution in [3.63, 3.8) is 0 Å². The van der Waals surface area contributed by atoms with Crippen LogP contribution in [0, 0.1) is 0 Å². The molecule has 0 unspecified atom stereocenters. The van der Waals surface area contributed by atoms with Crippen LogP contribution in [0.5, 0.6) is 0 Å². The van der Waals surface area contributed by atoms with Crippen molar-refractivity contribution in [1.29, 1.82) is 0 Å². The summed E-state index contributed by atoms with van der Waals surface area (Å²) in [6.07, 6.45) is 0. The minimum absolute atomic E-state index is 0.346. The Kier molecular flexibility index (Phi) is 3.45. The highest BCUT2D eigenvalue weighted by molar-refractivity contribution is 8.10. The summed E-state index contributed by atoms with van der Waals surface area (Å²) in [4.78, 5) is 0. The van der Waals surface area contributed by atoms with Crippen molar-refractivity contribution in [2.45, 2.75) is 6.92 Å². The van der Waals surface area contributed by atoms with Crippen LogP contribution in [0.2, 0.25) is 0 Å². The van der Waals surface area contributed by atoms with E-state index in [0.29, 0.717) is 5.03 Å². The maximum absolute atomic E-state index is 10.4. The third-order valence-corrected chi connectivity index (χ3v) is 1.86. The highest BCUT2D eigenvalue weighted by Gasteiger charge is 2.07. The molecule has 0 atom stereocenters. The summed E-state index contributed by atoms with van der Waals surface area (Å²) >= 11 is 15.5. The lowest BCUT2D eigenvalue weighted by atomic mass is 10.8. The summed E-state index contributed by atoms with van der Waals surface area (Å²) in [6, 6.07) is 0. The van der Waals surface area contributed by atoms with Crippen molar-refractivity contribution < 1.29 is 4.57 Å². The first kappa shape index (κ1) is 8.84. The maximum atomic E-state index is 10.4. The van der Waals surface area contributed by atoms with E-state index in [1.165, 1.54) is 0 Å². The van der Waals surface area contributed by atoms with E-state index in [4.69, 9.17) is 34.1 Å². The molecule has 0 saturated heterocycles. The van der Waals surface area contributed by atoms with Crippen molar-refractivity contribution >= 4 is 39.9 Å². The summed E-state index contributed by atoms with van der Waals surface area (Å²) in [5, 5.41) is 0.346. The lowest BCUT2D eigenvalue weighted by Gasteiger charge is -1.89. The molecular weight excluding hydrogens is 189 g/mol. The Bertz CT molecular complexity index is 143. The standard InChI is InChI=1S/C3H4Cl3OP/c1-3(4)2-8(5,6)7/h2H,1H3/b3-2-. The molecule has 0 aromatic heterocycles. The molecule has 0 aliphatic carbocycles. The molecular formula is C3H4Cl3OP. The predicted octanol–water partition coefficient (Wildman–Crippen LogP) is 3.76. The summed E-state index contributed by atoms with van der Waals surface area (Å²) in [5.74, 6) is -1.95. The van der Waals surface area contributed by atoms with Crippen molar-refractivity contribution in [3.8, 4) is 0 Å². The fraction of sp³-hybridized carbons (Fsp3) is 0.333. The van der Waals surface area contributed by atoms with Crippen LogP contribution in [-0.2, 0) is 4.57 Å². The Morgan fingerprint density at radius 3 is 2.00 bits per heavy atom. The highest BCUT2D eigenvalue weighted by Crippen LogP contribution is 2.58. The third kappa shape index (κ3) is 6.84. The first-order valence-corrected chi connectivity index (χ1v) is 5.72. The molecule has 0 radical (unpaired) electrons. The number of allylic oxidation sites excluding steroid dienone is 1.